The Labute approximate surface area is 209 Å². The van der Waals surface area contributed by atoms with Crippen LogP contribution in [0.4, 0.5) is 26.3 Å². The monoisotopic (exact) mass is 528 g/mol. The predicted octanol–water partition coefficient (Wildman–Crippen LogP) is 9.46. The first-order chi connectivity index (χ1) is 18.0. The molecule has 0 aliphatic rings. The van der Waals surface area contributed by atoms with Crippen molar-refractivity contribution in [1.82, 2.24) is 0 Å². The third-order valence-corrected chi connectivity index (χ3v) is 5.94. The second kappa shape index (κ2) is 8.47. The fourth-order valence-corrected chi connectivity index (χ4v) is 4.37. The van der Waals surface area contributed by atoms with Gasteiger partial charge in [0.1, 0.15) is 34.2 Å². The number of alkyl halides is 6. The van der Waals surface area contributed by atoms with E-state index < -0.39 is 12.7 Å². The van der Waals surface area contributed by atoms with Crippen molar-refractivity contribution in [3.8, 4) is 34.1 Å². The molecule has 0 fully saturated rings. The van der Waals surface area contributed by atoms with Crippen LogP contribution in [0.3, 0.4) is 0 Å². The molecule has 10 heteroatoms. The Morgan fingerprint density at radius 1 is 0.447 bits per heavy atom. The molecule has 6 rings (SSSR count). The SMILES string of the molecule is FC(F)(F)Oc1ccc(-c2cc3c(ccc4c5cc(-c6ccc(OC(F)(F)F)cc6)oc5ccc34)o2)cc1. The molecule has 0 aliphatic carbocycles. The van der Waals surface area contributed by atoms with Crippen LogP contribution in [0.5, 0.6) is 11.5 Å². The summed E-state index contributed by atoms with van der Waals surface area (Å²) in [5.74, 6) is 0.285. The van der Waals surface area contributed by atoms with Crippen molar-refractivity contribution in [2.75, 3.05) is 0 Å². The highest BCUT2D eigenvalue weighted by Gasteiger charge is 2.31. The second-order valence-electron chi connectivity index (χ2n) is 8.42. The van der Waals surface area contributed by atoms with Gasteiger partial charge >= 0.3 is 12.7 Å². The standard InChI is InChI=1S/C28H14F6O4/c29-27(30,31)37-17-5-1-15(2-6-17)25-13-21-19-10-12-24-22(20(19)9-11-23(21)35-25)14-26(36-24)16-3-7-18(8-4-16)38-28(32,33)34/h1-14H. The topological polar surface area (TPSA) is 44.7 Å². The van der Waals surface area contributed by atoms with E-state index in [1.165, 1.54) is 48.5 Å². The Balaban J connectivity index is 1.36. The van der Waals surface area contributed by atoms with E-state index >= 15 is 0 Å². The summed E-state index contributed by atoms with van der Waals surface area (Å²) < 4.78 is 94.4. The number of fused-ring (bicyclic) bond motifs is 5. The van der Waals surface area contributed by atoms with Gasteiger partial charge in [0, 0.05) is 21.9 Å². The van der Waals surface area contributed by atoms with Gasteiger partial charge in [0.05, 0.1) is 0 Å². The number of hydrogen-bond donors (Lipinski definition) is 0. The predicted molar refractivity (Wildman–Crippen MR) is 128 cm³/mol. The van der Waals surface area contributed by atoms with E-state index in [9.17, 15) is 26.3 Å². The lowest BCUT2D eigenvalue weighted by Gasteiger charge is -2.08. The van der Waals surface area contributed by atoms with E-state index in [-0.39, 0.29) is 11.5 Å². The van der Waals surface area contributed by atoms with Gasteiger partial charge in [-0.05, 0) is 95.7 Å². The maximum Gasteiger partial charge on any atom is 0.573 e. The molecular weight excluding hydrogens is 514 g/mol. The van der Waals surface area contributed by atoms with Gasteiger partial charge < -0.3 is 18.3 Å². The lowest BCUT2D eigenvalue weighted by Crippen LogP contribution is -2.16. The second-order valence-corrected chi connectivity index (χ2v) is 8.42. The van der Waals surface area contributed by atoms with Crippen LogP contribution in [0.2, 0.25) is 0 Å². The molecule has 192 valence electrons. The first-order valence-electron chi connectivity index (χ1n) is 11.1. The molecule has 0 amide bonds. The largest absolute Gasteiger partial charge is 0.573 e. The van der Waals surface area contributed by atoms with E-state index in [2.05, 4.69) is 9.47 Å². The van der Waals surface area contributed by atoms with Crippen molar-refractivity contribution in [3.63, 3.8) is 0 Å². The molecule has 0 N–H and O–H groups in total. The summed E-state index contributed by atoms with van der Waals surface area (Å²) in [6.45, 7) is 0. The Morgan fingerprint density at radius 3 is 1.16 bits per heavy atom. The van der Waals surface area contributed by atoms with Crippen molar-refractivity contribution < 1.29 is 44.7 Å². The molecule has 4 aromatic carbocycles. The summed E-state index contributed by atoms with van der Waals surface area (Å²) in [6.07, 6.45) is -9.55. The maximum atomic E-state index is 12.4. The number of ether oxygens (including phenoxy) is 2. The highest BCUT2D eigenvalue weighted by molar-refractivity contribution is 6.16. The van der Waals surface area contributed by atoms with Crippen molar-refractivity contribution in [1.29, 1.82) is 0 Å². The lowest BCUT2D eigenvalue weighted by molar-refractivity contribution is -0.275. The Kier molecular flexibility index (Phi) is 5.30. The van der Waals surface area contributed by atoms with Gasteiger partial charge in [0.25, 0.3) is 0 Å². The highest BCUT2D eigenvalue weighted by atomic mass is 19.4. The molecular formula is C28H14F6O4. The summed E-state index contributed by atoms with van der Waals surface area (Å²) in [5.41, 5.74) is 2.33. The zero-order chi connectivity index (χ0) is 26.7. The van der Waals surface area contributed by atoms with E-state index in [1.54, 1.807) is 12.1 Å². The fraction of sp³-hybridized carbons (Fsp3) is 0.0714. The molecule has 0 saturated carbocycles. The number of furan rings is 2. The molecule has 2 aromatic heterocycles. The van der Waals surface area contributed by atoms with Crippen molar-refractivity contribution in [3.05, 3.63) is 84.9 Å². The van der Waals surface area contributed by atoms with Crippen LogP contribution in [0.15, 0.2) is 93.8 Å². The van der Waals surface area contributed by atoms with Crippen LogP contribution in [-0.2, 0) is 0 Å². The zero-order valence-corrected chi connectivity index (χ0v) is 19.0. The maximum absolute atomic E-state index is 12.4. The van der Waals surface area contributed by atoms with E-state index in [0.717, 1.165) is 21.5 Å². The normalized spacial score (nSPS) is 12.5. The van der Waals surface area contributed by atoms with Crippen molar-refractivity contribution >= 4 is 32.7 Å². The molecule has 2 heterocycles. The minimum absolute atomic E-state index is 0.330. The fourth-order valence-electron chi connectivity index (χ4n) is 4.37. The minimum Gasteiger partial charge on any atom is -0.456 e. The molecule has 0 atom stereocenters. The van der Waals surface area contributed by atoms with Crippen LogP contribution in [-0.4, -0.2) is 12.7 Å². The Bertz CT molecular complexity index is 1640. The number of benzene rings is 4. The molecule has 0 saturated heterocycles. The van der Waals surface area contributed by atoms with Gasteiger partial charge in [-0.15, -0.1) is 26.3 Å². The van der Waals surface area contributed by atoms with E-state index in [0.29, 0.717) is 33.8 Å². The van der Waals surface area contributed by atoms with Crippen molar-refractivity contribution in [2.24, 2.45) is 0 Å². The van der Waals surface area contributed by atoms with Gasteiger partial charge in [-0.25, -0.2) is 0 Å². The molecule has 0 spiro atoms. The van der Waals surface area contributed by atoms with Gasteiger partial charge in [-0.3, -0.25) is 0 Å². The van der Waals surface area contributed by atoms with Crippen molar-refractivity contribution in [2.45, 2.75) is 12.7 Å². The van der Waals surface area contributed by atoms with E-state index in [4.69, 9.17) is 8.83 Å². The Hall–Kier alpha value is -4.60. The molecule has 38 heavy (non-hydrogen) atoms. The average Bonchev–Trinajstić information content (AvgIpc) is 3.47. The summed E-state index contributed by atoms with van der Waals surface area (Å²) in [5, 5.41) is 3.32. The van der Waals surface area contributed by atoms with Gasteiger partial charge in [-0.1, -0.05) is 0 Å². The smallest absolute Gasteiger partial charge is 0.456 e. The summed E-state index contributed by atoms with van der Waals surface area (Å²) in [4.78, 5) is 0. The summed E-state index contributed by atoms with van der Waals surface area (Å²) >= 11 is 0. The first-order valence-corrected chi connectivity index (χ1v) is 11.1. The molecule has 0 unspecified atom stereocenters. The third-order valence-electron chi connectivity index (χ3n) is 5.94. The summed E-state index contributed by atoms with van der Waals surface area (Å²) in [7, 11) is 0. The minimum atomic E-state index is -4.77. The molecule has 0 bridgehead atoms. The van der Waals surface area contributed by atoms with Crippen LogP contribution in [0, 0.1) is 0 Å². The molecule has 0 radical (unpaired) electrons. The van der Waals surface area contributed by atoms with Gasteiger partial charge in [-0.2, -0.15) is 0 Å². The van der Waals surface area contributed by atoms with Crippen LogP contribution in [0.25, 0.3) is 55.4 Å². The highest BCUT2D eigenvalue weighted by Crippen LogP contribution is 2.39. The number of hydrogen-bond acceptors (Lipinski definition) is 4. The molecule has 6 aromatic rings. The van der Waals surface area contributed by atoms with Gasteiger partial charge in [0.15, 0.2) is 0 Å². The van der Waals surface area contributed by atoms with Gasteiger partial charge in [0.2, 0.25) is 0 Å². The third kappa shape index (κ3) is 4.60. The molecule has 4 nitrogen and oxygen atoms in total. The van der Waals surface area contributed by atoms with Crippen LogP contribution >= 0.6 is 0 Å². The van der Waals surface area contributed by atoms with E-state index in [1.807, 2.05) is 24.3 Å². The lowest BCUT2D eigenvalue weighted by atomic mass is 10.0. The average molecular weight is 528 g/mol. The quantitative estimate of drug-likeness (QED) is 0.214. The number of rotatable bonds is 4. The van der Waals surface area contributed by atoms with Crippen LogP contribution < -0.4 is 9.47 Å². The number of halogens is 6. The first kappa shape index (κ1) is 23.8. The zero-order valence-electron chi connectivity index (χ0n) is 19.0. The van der Waals surface area contributed by atoms with Crippen LogP contribution in [0.1, 0.15) is 0 Å². The summed E-state index contributed by atoms with van der Waals surface area (Å²) in [6, 6.07) is 21.7. The molecule has 0 aliphatic heterocycles. The Morgan fingerprint density at radius 2 is 0.816 bits per heavy atom.